The zero-order chi connectivity index (χ0) is 14.4. The van der Waals surface area contributed by atoms with Crippen molar-refractivity contribution in [3.63, 3.8) is 0 Å². The highest BCUT2D eigenvalue weighted by Crippen LogP contribution is 2.30. The summed E-state index contributed by atoms with van der Waals surface area (Å²) in [7, 11) is 2.01. The second-order valence-corrected chi connectivity index (χ2v) is 6.50. The van der Waals surface area contributed by atoms with Crippen LogP contribution in [0, 0.1) is 0 Å². The van der Waals surface area contributed by atoms with Crippen molar-refractivity contribution in [2.24, 2.45) is 0 Å². The number of carbonyl (C=O) groups excluding carboxylic acids is 1. The van der Waals surface area contributed by atoms with Gasteiger partial charge < -0.3 is 10.6 Å². The molecule has 0 aromatic rings. The van der Waals surface area contributed by atoms with E-state index < -0.39 is 0 Å². The maximum atomic E-state index is 12.3. The van der Waals surface area contributed by atoms with Crippen molar-refractivity contribution in [1.82, 2.24) is 15.5 Å². The number of hydrogen-bond acceptors (Lipinski definition) is 3. The second kappa shape index (κ2) is 7.41. The van der Waals surface area contributed by atoms with Gasteiger partial charge in [0.05, 0.1) is 0 Å². The molecule has 20 heavy (non-hydrogen) atoms. The zero-order valence-electron chi connectivity index (χ0n) is 13.2. The fraction of sp³-hybridized carbons (Fsp3) is 0.938. The third-order valence-electron chi connectivity index (χ3n) is 5.28. The molecule has 0 spiro atoms. The molecule has 4 heteroatoms. The molecule has 2 fully saturated rings. The van der Waals surface area contributed by atoms with Crippen molar-refractivity contribution in [2.75, 3.05) is 26.7 Å². The monoisotopic (exact) mass is 281 g/mol. The Morgan fingerprint density at radius 1 is 1.25 bits per heavy atom. The summed E-state index contributed by atoms with van der Waals surface area (Å²) in [5.41, 5.74) is 0.0580. The number of carbonyl (C=O) groups is 1. The minimum absolute atomic E-state index is 0.0580. The SMILES string of the molecule is CCN1CCCC1CNC(=O)CC1(NC)CCCCC1. The van der Waals surface area contributed by atoms with Crippen molar-refractivity contribution in [3.05, 3.63) is 0 Å². The molecule has 2 rings (SSSR count). The normalized spacial score (nSPS) is 26.6. The van der Waals surface area contributed by atoms with E-state index in [1.54, 1.807) is 0 Å². The van der Waals surface area contributed by atoms with Crippen molar-refractivity contribution in [2.45, 2.75) is 69.9 Å². The molecular weight excluding hydrogens is 250 g/mol. The Kier molecular flexibility index (Phi) is 5.85. The lowest BCUT2D eigenvalue weighted by Crippen LogP contribution is -2.49. The third kappa shape index (κ3) is 3.95. The zero-order valence-corrected chi connectivity index (χ0v) is 13.2. The van der Waals surface area contributed by atoms with E-state index in [0.717, 1.165) is 25.9 Å². The van der Waals surface area contributed by atoms with Crippen molar-refractivity contribution in [1.29, 1.82) is 0 Å². The molecule has 4 nitrogen and oxygen atoms in total. The van der Waals surface area contributed by atoms with Gasteiger partial charge in [-0.3, -0.25) is 9.69 Å². The molecule has 116 valence electrons. The van der Waals surface area contributed by atoms with Crippen LogP contribution < -0.4 is 10.6 Å². The second-order valence-electron chi connectivity index (χ2n) is 6.50. The van der Waals surface area contributed by atoms with Crippen LogP contribution in [0.1, 0.15) is 58.3 Å². The predicted molar refractivity (Wildman–Crippen MR) is 82.8 cm³/mol. The summed E-state index contributed by atoms with van der Waals surface area (Å²) in [6, 6.07) is 0.556. The molecule has 1 unspecified atom stereocenters. The summed E-state index contributed by atoms with van der Waals surface area (Å²) in [5, 5.41) is 6.60. The summed E-state index contributed by atoms with van der Waals surface area (Å²) in [4.78, 5) is 14.7. The third-order valence-corrected chi connectivity index (χ3v) is 5.28. The van der Waals surface area contributed by atoms with Gasteiger partial charge in [-0.25, -0.2) is 0 Å². The highest BCUT2D eigenvalue weighted by atomic mass is 16.1. The fourth-order valence-corrected chi connectivity index (χ4v) is 3.89. The maximum Gasteiger partial charge on any atom is 0.221 e. The first-order chi connectivity index (χ1) is 9.69. The van der Waals surface area contributed by atoms with E-state index >= 15 is 0 Å². The lowest BCUT2D eigenvalue weighted by atomic mass is 9.79. The Balaban J connectivity index is 1.76. The summed E-state index contributed by atoms with van der Waals surface area (Å²) in [5.74, 6) is 0.226. The molecule has 0 aromatic heterocycles. The summed E-state index contributed by atoms with van der Waals surface area (Å²) >= 11 is 0. The number of hydrogen-bond donors (Lipinski definition) is 2. The highest BCUT2D eigenvalue weighted by Gasteiger charge is 2.33. The molecule has 1 saturated carbocycles. The summed E-state index contributed by atoms with van der Waals surface area (Å²) in [6.07, 6.45) is 9.24. The van der Waals surface area contributed by atoms with Crippen molar-refractivity contribution < 1.29 is 4.79 Å². The first-order valence-corrected chi connectivity index (χ1v) is 8.39. The summed E-state index contributed by atoms with van der Waals surface area (Å²) in [6.45, 7) is 5.32. The van der Waals surface area contributed by atoms with E-state index in [2.05, 4.69) is 22.5 Å². The molecule has 0 aromatic carbocycles. The Morgan fingerprint density at radius 2 is 2.00 bits per heavy atom. The van der Waals surface area contributed by atoms with E-state index in [1.807, 2.05) is 7.05 Å². The molecule has 0 bridgehead atoms. The first-order valence-electron chi connectivity index (χ1n) is 8.39. The quantitative estimate of drug-likeness (QED) is 0.781. The smallest absolute Gasteiger partial charge is 0.221 e. The molecule has 0 radical (unpaired) electrons. The van der Waals surface area contributed by atoms with Crippen LogP contribution in [-0.2, 0) is 4.79 Å². The molecule has 1 aliphatic carbocycles. The van der Waals surface area contributed by atoms with E-state index in [-0.39, 0.29) is 11.4 Å². The molecule has 2 aliphatic rings. The van der Waals surface area contributed by atoms with Crippen LogP contribution in [0.5, 0.6) is 0 Å². The lowest BCUT2D eigenvalue weighted by Gasteiger charge is -2.36. The highest BCUT2D eigenvalue weighted by molar-refractivity contribution is 5.77. The molecule has 1 aliphatic heterocycles. The average molecular weight is 281 g/mol. The summed E-state index contributed by atoms with van der Waals surface area (Å²) < 4.78 is 0. The van der Waals surface area contributed by atoms with Gasteiger partial charge in [-0.2, -0.15) is 0 Å². The minimum Gasteiger partial charge on any atom is -0.354 e. The van der Waals surface area contributed by atoms with E-state index in [4.69, 9.17) is 0 Å². The van der Waals surface area contributed by atoms with Gasteiger partial charge in [0.1, 0.15) is 0 Å². The van der Waals surface area contributed by atoms with Crippen LogP contribution in [0.2, 0.25) is 0 Å². The molecule has 2 N–H and O–H groups in total. The van der Waals surface area contributed by atoms with Gasteiger partial charge in [0, 0.05) is 24.5 Å². The minimum atomic E-state index is 0.0580. The first kappa shape index (κ1) is 15.8. The van der Waals surface area contributed by atoms with Gasteiger partial charge in [-0.1, -0.05) is 26.2 Å². The standard InChI is InChI=1S/C16H31N3O/c1-3-19-11-7-8-14(19)13-18-15(20)12-16(17-2)9-5-4-6-10-16/h14,17H,3-13H2,1-2H3,(H,18,20). The van der Waals surface area contributed by atoms with Crippen LogP contribution in [0.4, 0.5) is 0 Å². The number of rotatable bonds is 6. The van der Waals surface area contributed by atoms with Crippen LogP contribution >= 0.6 is 0 Å². The van der Waals surface area contributed by atoms with E-state index in [0.29, 0.717) is 12.5 Å². The van der Waals surface area contributed by atoms with Crippen molar-refractivity contribution >= 4 is 5.91 Å². The van der Waals surface area contributed by atoms with Crippen LogP contribution in [-0.4, -0.2) is 49.1 Å². The Bertz CT molecular complexity index is 313. The van der Waals surface area contributed by atoms with Gasteiger partial charge in [-0.15, -0.1) is 0 Å². The number of nitrogens with one attached hydrogen (secondary N) is 2. The molecule has 1 saturated heterocycles. The Labute approximate surface area is 123 Å². The Hall–Kier alpha value is -0.610. The fourth-order valence-electron chi connectivity index (χ4n) is 3.89. The molecule has 1 atom stereocenters. The number of nitrogens with zero attached hydrogens (tertiary/aromatic N) is 1. The number of likely N-dealkylation sites (tertiary alicyclic amines) is 1. The molecular formula is C16H31N3O. The topological polar surface area (TPSA) is 44.4 Å². The van der Waals surface area contributed by atoms with Crippen LogP contribution in [0.15, 0.2) is 0 Å². The Morgan fingerprint density at radius 3 is 2.65 bits per heavy atom. The predicted octanol–water partition coefficient (Wildman–Crippen LogP) is 1.90. The lowest BCUT2D eigenvalue weighted by molar-refractivity contribution is -0.123. The molecule has 1 amide bonds. The number of likely N-dealkylation sites (N-methyl/N-ethyl adjacent to an activating group) is 1. The maximum absolute atomic E-state index is 12.3. The van der Waals surface area contributed by atoms with Crippen LogP contribution in [0.25, 0.3) is 0 Å². The van der Waals surface area contributed by atoms with Gasteiger partial charge in [-0.05, 0) is 45.8 Å². The number of amides is 1. The largest absolute Gasteiger partial charge is 0.354 e. The van der Waals surface area contributed by atoms with E-state index in [1.165, 1.54) is 38.6 Å². The molecule has 1 heterocycles. The van der Waals surface area contributed by atoms with Crippen LogP contribution in [0.3, 0.4) is 0 Å². The van der Waals surface area contributed by atoms with Gasteiger partial charge in [0.15, 0.2) is 0 Å². The van der Waals surface area contributed by atoms with Gasteiger partial charge >= 0.3 is 0 Å². The van der Waals surface area contributed by atoms with E-state index in [9.17, 15) is 4.79 Å². The van der Waals surface area contributed by atoms with Gasteiger partial charge in [0.25, 0.3) is 0 Å². The van der Waals surface area contributed by atoms with Gasteiger partial charge in [0.2, 0.25) is 5.91 Å². The van der Waals surface area contributed by atoms with Crippen molar-refractivity contribution in [3.8, 4) is 0 Å². The average Bonchev–Trinajstić information content (AvgIpc) is 2.93.